The Hall–Kier alpha value is -3.15. The fourth-order valence-corrected chi connectivity index (χ4v) is 7.24. The lowest BCUT2D eigenvalue weighted by Gasteiger charge is -2.18. The van der Waals surface area contributed by atoms with Gasteiger partial charge in [-0.1, -0.05) is 222 Å². The molecule has 0 aliphatic carbocycles. The predicted octanol–water partition coefficient (Wildman–Crippen LogP) is 17.4. The molecule has 0 radical (unpaired) electrons. The Kier molecular flexibility index (Phi) is 48.9. The Bertz CT molecular complexity index is 1190. The lowest BCUT2D eigenvalue weighted by Crippen LogP contribution is -2.30. The molecule has 0 fully saturated rings. The molecule has 0 aromatic carbocycles. The molecule has 0 rings (SSSR count). The van der Waals surface area contributed by atoms with Gasteiger partial charge in [-0.15, -0.1) is 0 Å². The van der Waals surface area contributed by atoms with Gasteiger partial charge >= 0.3 is 17.9 Å². The fraction of sp³-hybridized carbons (Fsp3) is 0.737. The summed E-state index contributed by atoms with van der Waals surface area (Å²) in [7, 11) is 0. The summed E-state index contributed by atoms with van der Waals surface area (Å²) in [5.74, 6) is -0.964. The van der Waals surface area contributed by atoms with Crippen LogP contribution in [-0.2, 0) is 28.6 Å². The van der Waals surface area contributed by atoms with E-state index in [0.29, 0.717) is 19.3 Å². The van der Waals surface area contributed by atoms with Crippen molar-refractivity contribution in [3.8, 4) is 0 Å². The van der Waals surface area contributed by atoms with E-state index in [1.165, 1.54) is 109 Å². The maximum absolute atomic E-state index is 12.8. The maximum Gasteiger partial charge on any atom is 0.306 e. The smallest absolute Gasteiger partial charge is 0.306 e. The lowest BCUT2D eigenvalue weighted by molar-refractivity contribution is -0.167. The van der Waals surface area contributed by atoms with Crippen molar-refractivity contribution < 1.29 is 28.6 Å². The van der Waals surface area contributed by atoms with Gasteiger partial charge in [-0.3, -0.25) is 14.4 Å². The third kappa shape index (κ3) is 49.7. The number of carbonyl (C=O) groups excluding carboxylic acids is 3. The van der Waals surface area contributed by atoms with Crippen LogP contribution in [0.2, 0.25) is 0 Å². The Labute approximate surface area is 389 Å². The van der Waals surface area contributed by atoms with E-state index in [-0.39, 0.29) is 37.5 Å². The number of carbonyl (C=O) groups is 3. The van der Waals surface area contributed by atoms with Crippen LogP contribution in [0.1, 0.15) is 252 Å². The van der Waals surface area contributed by atoms with Crippen molar-refractivity contribution in [2.45, 2.75) is 258 Å². The van der Waals surface area contributed by atoms with Crippen molar-refractivity contribution in [1.82, 2.24) is 0 Å². The molecule has 0 spiro atoms. The first kappa shape index (κ1) is 59.9. The highest BCUT2D eigenvalue weighted by molar-refractivity contribution is 5.71. The highest BCUT2D eigenvalue weighted by atomic mass is 16.6. The molecule has 63 heavy (non-hydrogen) atoms. The topological polar surface area (TPSA) is 78.9 Å². The van der Waals surface area contributed by atoms with Crippen LogP contribution in [-0.4, -0.2) is 37.2 Å². The summed E-state index contributed by atoms with van der Waals surface area (Å²) in [6.07, 6.45) is 64.6. The predicted molar refractivity (Wildman–Crippen MR) is 270 cm³/mol. The molecule has 362 valence electrons. The Morgan fingerprint density at radius 2 is 0.635 bits per heavy atom. The zero-order valence-electron chi connectivity index (χ0n) is 41.3. The van der Waals surface area contributed by atoms with E-state index in [1.54, 1.807) is 0 Å². The Morgan fingerprint density at radius 1 is 0.333 bits per heavy atom. The minimum absolute atomic E-state index is 0.0986. The minimum atomic E-state index is -0.800. The van der Waals surface area contributed by atoms with Crippen LogP contribution in [0.4, 0.5) is 0 Å². The normalized spacial score (nSPS) is 12.6. The summed E-state index contributed by atoms with van der Waals surface area (Å²) in [6, 6.07) is 0. The third-order valence-corrected chi connectivity index (χ3v) is 11.2. The summed E-state index contributed by atoms with van der Waals surface area (Å²) >= 11 is 0. The van der Waals surface area contributed by atoms with Gasteiger partial charge < -0.3 is 14.2 Å². The standard InChI is InChI=1S/C57H98O6/c1-4-7-10-13-16-19-22-25-27-28-30-33-35-38-41-44-47-50-56(59)62-53-54(63-57(60)51-48-45-42-39-36-31-24-21-18-15-12-9-6-3)52-61-55(58)49-46-43-40-37-34-32-29-26-23-20-17-14-11-8-5-2/h8,11,17,20,25-27,29-30,33,38,41,54H,4-7,9-10,12-16,18-19,21-24,28,31-32,34-37,39-40,42-53H2,1-3H3/b11-8-,20-17-,27-25-,29-26-,33-30-,41-38-/t54-/m1/s1. The molecule has 1 atom stereocenters. The van der Waals surface area contributed by atoms with E-state index < -0.39 is 6.10 Å². The van der Waals surface area contributed by atoms with Crippen LogP contribution in [0, 0.1) is 0 Å². The number of esters is 3. The maximum atomic E-state index is 12.8. The van der Waals surface area contributed by atoms with Crippen molar-refractivity contribution in [3.63, 3.8) is 0 Å². The molecular formula is C57H98O6. The van der Waals surface area contributed by atoms with Gasteiger partial charge in [0, 0.05) is 19.3 Å². The van der Waals surface area contributed by atoms with Gasteiger partial charge in [-0.25, -0.2) is 0 Å². The lowest BCUT2D eigenvalue weighted by atomic mass is 10.0. The van der Waals surface area contributed by atoms with E-state index in [9.17, 15) is 14.4 Å². The van der Waals surface area contributed by atoms with E-state index >= 15 is 0 Å². The first-order chi connectivity index (χ1) is 31.0. The van der Waals surface area contributed by atoms with Gasteiger partial charge in [0.1, 0.15) is 13.2 Å². The fourth-order valence-electron chi connectivity index (χ4n) is 7.24. The summed E-state index contributed by atoms with van der Waals surface area (Å²) in [6.45, 7) is 6.47. The first-order valence-electron chi connectivity index (χ1n) is 26.4. The first-order valence-corrected chi connectivity index (χ1v) is 26.4. The van der Waals surface area contributed by atoms with Crippen molar-refractivity contribution in [3.05, 3.63) is 72.9 Å². The number of allylic oxidation sites excluding steroid dienone is 12. The average Bonchev–Trinajstić information content (AvgIpc) is 3.28. The van der Waals surface area contributed by atoms with E-state index in [1.807, 2.05) is 0 Å². The van der Waals surface area contributed by atoms with Crippen molar-refractivity contribution >= 4 is 17.9 Å². The SMILES string of the molecule is CC/C=C\C/C=C\C/C=C\CCCCCCCC(=O)OC[C@H](COC(=O)CCC/C=C\C/C=C\C/C=C\CCCCCCCC)OC(=O)CCCCCCCCCCCCCCC. The number of hydrogen-bond donors (Lipinski definition) is 0. The largest absolute Gasteiger partial charge is 0.462 e. The van der Waals surface area contributed by atoms with Crippen LogP contribution >= 0.6 is 0 Å². The molecule has 0 bridgehead atoms. The molecule has 0 amide bonds. The van der Waals surface area contributed by atoms with Gasteiger partial charge in [0.2, 0.25) is 0 Å². The van der Waals surface area contributed by atoms with Crippen LogP contribution < -0.4 is 0 Å². The second kappa shape index (κ2) is 51.5. The molecule has 0 heterocycles. The van der Waals surface area contributed by atoms with E-state index in [4.69, 9.17) is 14.2 Å². The summed E-state index contributed by atoms with van der Waals surface area (Å²) < 4.78 is 16.8. The minimum Gasteiger partial charge on any atom is -0.462 e. The molecule has 0 saturated heterocycles. The molecule has 6 nitrogen and oxygen atoms in total. The molecule has 0 aromatic heterocycles. The van der Waals surface area contributed by atoms with Gasteiger partial charge in [-0.05, 0) is 83.5 Å². The molecule has 0 aromatic rings. The third-order valence-electron chi connectivity index (χ3n) is 11.2. The number of unbranched alkanes of at least 4 members (excludes halogenated alkanes) is 24. The van der Waals surface area contributed by atoms with Crippen molar-refractivity contribution in [2.75, 3.05) is 13.2 Å². The number of rotatable bonds is 47. The number of hydrogen-bond acceptors (Lipinski definition) is 6. The van der Waals surface area contributed by atoms with Gasteiger partial charge in [0.25, 0.3) is 0 Å². The van der Waals surface area contributed by atoms with Crippen LogP contribution in [0.25, 0.3) is 0 Å². The molecule has 6 heteroatoms. The van der Waals surface area contributed by atoms with Crippen molar-refractivity contribution in [1.29, 1.82) is 0 Å². The quantitative estimate of drug-likeness (QED) is 0.0262. The average molecular weight is 879 g/mol. The Balaban J connectivity index is 4.47. The molecule has 0 saturated carbocycles. The number of ether oxygens (including phenoxy) is 3. The molecule has 0 unspecified atom stereocenters. The molecular weight excluding hydrogens is 781 g/mol. The Morgan fingerprint density at radius 3 is 1.03 bits per heavy atom. The zero-order chi connectivity index (χ0) is 45.8. The monoisotopic (exact) mass is 879 g/mol. The summed E-state index contributed by atoms with van der Waals surface area (Å²) in [5, 5.41) is 0. The second-order valence-corrected chi connectivity index (χ2v) is 17.4. The van der Waals surface area contributed by atoms with E-state index in [2.05, 4.69) is 93.7 Å². The van der Waals surface area contributed by atoms with Gasteiger partial charge in [0.05, 0.1) is 0 Å². The van der Waals surface area contributed by atoms with E-state index in [0.717, 1.165) is 96.3 Å². The van der Waals surface area contributed by atoms with Crippen LogP contribution in [0.5, 0.6) is 0 Å². The van der Waals surface area contributed by atoms with Crippen molar-refractivity contribution in [2.24, 2.45) is 0 Å². The highest BCUT2D eigenvalue weighted by Crippen LogP contribution is 2.15. The van der Waals surface area contributed by atoms with Crippen LogP contribution in [0.15, 0.2) is 72.9 Å². The molecule has 0 aliphatic rings. The molecule has 0 aliphatic heterocycles. The highest BCUT2D eigenvalue weighted by Gasteiger charge is 2.19. The van der Waals surface area contributed by atoms with Gasteiger partial charge in [0.15, 0.2) is 6.10 Å². The zero-order valence-corrected chi connectivity index (χ0v) is 41.3. The molecule has 0 N–H and O–H groups in total. The summed E-state index contributed by atoms with van der Waals surface area (Å²) in [5.41, 5.74) is 0. The van der Waals surface area contributed by atoms with Gasteiger partial charge in [-0.2, -0.15) is 0 Å². The second-order valence-electron chi connectivity index (χ2n) is 17.4. The van der Waals surface area contributed by atoms with Crippen LogP contribution in [0.3, 0.4) is 0 Å². The summed E-state index contributed by atoms with van der Waals surface area (Å²) in [4.78, 5) is 38.0.